The SMILES string of the molecule is CC1CCCN(C(N)=NCCc2ccc(Cl)s2)C1.I. The number of thiophene rings is 1. The number of rotatable bonds is 3. The molecule has 0 spiro atoms. The van der Waals surface area contributed by atoms with Crippen LogP contribution in [0.2, 0.25) is 4.34 Å². The van der Waals surface area contributed by atoms with Gasteiger partial charge in [-0.15, -0.1) is 35.3 Å². The van der Waals surface area contributed by atoms with Crippen molar-refractivity contribution in [1.82, 2.24) is 4.90 Å². The average molecular weight is 414 g/mol. The summed E-state index contributed by atoms with van der Waals surface area (Å²) >= 11 is 7.51. The van der Waals surface area contributed by atoms with E-state index < -0.39 is 0 Å². The van der Waals surface area contributed by atoms with E-state index in [0.717, 1.165) is 36.3 Å². The normalized spacial score (nSPS) is 20.2. The third-order valence-electron chi connectivity index (χ3n) is 3.24. The zero-order chi connectivity index (χ0) is 13.0. The quantitative estimate of drug-likeness (QED) is 0.467. The first-order valence-corrected chi connectivity index (χ1v) is 7.63. The van der Waals surface area contributed by atoms with Crippen molar-refractivity contribution in [2.45, 2.75) is 26.2 Å². The number of aliphatic imine (C=N–C) groups is 1. The molecule has 1 aliphatic rings. The molecule has 19 heavy (non-hydrogen) atoms. The molecule has 0 radical (unpaired) electrons. The predicted molar refractivity (Wildman–Crippen MR) is 94.9 cm³/mol. The first kappa shape index (κ1) is 17.0. The Bertz CT molecular complexity index is 422. The van der Waals surface area contributed by atoms with Crippen molar-refractivity contribution in [2.24, 2.45) is 16.6 Å². The Morgan fingerprint density at radius 2 is 2.37 bits per heavy atom. The molecule has 1 aliphatic heterocycles. The minimum atomic E-state index is 0. The molecule has 2 heterocycles. The molecule has 0 aliphatic carbocycles. The Morgan fingerprint density at radius 1 is 1.58 bits per heavy atom. The Kier molecular flexibility index (Phi) is 7.46. The van der Waals surface area contributed by atoms with Crippen molar-refractivity contribution < 1.29 is 0 Å². The van der Waals surface area contributed by atoms with Crippen molar-refractivity contribution >= 4 is 52.9 Å². The molecule has 1 aromatic heterocycles. The fourth-order valence-electron chi connectivity index (χ4n) is 2.26. The minimum Gasteiger partial charge on any atom is -0.370 e. The molecule has 108 valence electrons. The van der Waals surface area contributed by atoms with Crippen LogP contribution in [0.1, 0.15) is 24.6 Å². The lowest BCUT2D eigenvalue weighted by molar-refractivity contribution is 0.270. The van der Waals surface area contributed by atoms with Crippen molar-refractivity contribution in [1.29, 1.82) is 0 Å². The maximum absolute atomic E-state index is 6.03. The standard InChI is InChI=1S/C13H20ClN3S.HI/c1-10-3-2-8-17(9-10)13(15)16-7-6-11-4-5-12(14)18-11;/h4-5,10H,2-3,6-9H2,1H3,(H2,15,16);1H. The lowest BCUT2D eigenvalue weighted by atomic mass is 10.0. The van der Waals surface area contributed by atoms with Gasteiger partial charge in [-0.1, -0.05) is 18.5 Å². The van der Waals surface area contributed by atoms with Crippen LogP contribution in [0.5, 0.6) is 0 Å². The fraction of sp³-hybridized carbons (Fsp3) is 0.615. The highest BCUT2D eigenvalue weighted by atomic mass is 127. The van der Waals surface area contributed by atoms with E-state index in [1.165, 1.54) is 17.7 Å². The highest BCUT2D eigenvalue weighted by molar-refractivity contribution is 14.0. The smallest absolute Gasteiger partial charge is 0.191 e. The van der Waals surface area contributed by atoms with Crippen molar-refractivity contribution in [2.75, 3.05) is 19.6 Å². The molecule has 1 saturated heterocycles. The second-order valence-electron chi connectivity index (χ2n) is 4.89. The first-order chi connectivity index (χ1) is 8.65. The average Bonchev–Trinajstić information content (AvgIpc) is 2.75. The van der Waals surface area contributed by atoms with Crippen molar-refractivity contribution in [3.05, 3.63) is 21.3 Å². The number of hydrogen-bond donors (Lipinski definition) is 1. The molecule has 1 aromatic rings. The summed E-state index contributed by atoms with van der Waals surface area (Å²) in [7, 11) is 0. The molecular formula is C13H21ClIN3S. The summed E-state index contributed by atoms with van der Waals surface area (Å²) in [5, 5.41) is 0. The van der Waals surface area contributed by atoms with E-state index in [-0.39, 0.29) is 24.0 Å². The molecule has 0 saturated carbocycles. The van der Waals surface area contributed by atoms with E-state index in [4.69, 9.17) is 17.3 Å². The van der Waals surface area contributed by atoms with Crippen LogP contribution in [-0.2, 0) is 6.42 Å². The predicted octanol–water partition coefficient (Wildman–Crippen LogP) is 3.61. The number of nitrogens with zero attached hydrogens (tertiary/aromatic N) is 2. The molecule has 3 nitrogen and oxygen atoms in total. The van der Waals surface area contributed by atoms with E-state index in [1.54, 1.807) is 11.3 Å². The molecule has 0 bridgehead atoms. The van der Waals surface area contributed by atoms with Gasteiger partial charge in [0.1, 0.15) is 0 Å². The largest absolute Gasteiger partial charge is 0.370 e. The molecule has 1 fully saturated rings. The molecule has 0 aromatic carbocycles. The summed E-state index contributed by atoms with van der Waals surface area (Å²) in [6, 6.07) is 3.99. The summed E-state index contributed by atoms with van der Waals surface area (Å²) in [4.78, 5) is 7.94. The van der Waals surface area contributed by atoms with Gasteiger partial charge in [-0.3, -0.25) is 4.99 Å². The van der Waals surface area contributed by atoms with Crippen LogP contribution in [0.3, 0.4) is 0 Å². The lowest BCUT2D eigenvalue weighted by Gasteiger charge is -2.31. The van der Waals surface area contributed by atoms with Gasteiger partial charge in [0.2, 0.25) is 0 Å². The molecule has 1 atom stereocenters. The van der Waals surface area contributed by atoms with Crippen LogP contribution < -0.4 is 5.73 Å². The van der Waals surface area contributed by atoms with Gasteiger partial charge in [-0.25, -0.2) is 0 Å². The number of likely N-dealkylation sites (tertiary alicyclic amines) is 1. The van der Waals surface area contributed by atoms with Gasteiger partial charge >= 0.3 is 0 Å². The van der Waals surface area contributed by atoms with Gasteiger partial charge in [-0.2, -0.15) is 0 Å². The molecule has 6 heteroatoms. The van der Waals surface area contributed by atoms with E-state index in [2.05, 4.69) is 22.9 Å². The van der Waals surface area contributed by atoms with Crippen LogP contribution in [0.15, 0.2) is 17.1 Å². The molecule has 2 rings (SSSR count). The molecule has 0 amide bonds. The first-order valence-electron chi connectivity index (χ1n) is 6.44. The van der Waals surface area contributed by atoms with Gasteiger partial charge in [0, 0.05) is 30.9 Å². The minimum absolute atomic E-state index is 0. The zero-order valence-electron chi connectivity index (χ0n) is 11.1. The van der Waals surface area contributed by atoms with Gasteiger partial charge in [0.25, 0.3) is 0 Å². The van der Waals surface area contributed by atoms with E-state index in [0.29, 0.717) is 5.96 Å². The van der Waals surface area contributed by atoms with Gasteiger partial charge < -0.3 is 10.6 Å². The highest BCUT2D eigenvalue weighted by Gasteiger charge is 2.17. The number of nitrogens with two attached hydrogens (primary N) is 1. The molecule has 2 N–H and O–H groups in total. The second-order valence-corrected chi connectivity index (χ2v) is 6.69. The summed E-state index contributed by atoms with van der Waals surface area (Å²) in [6.45, 7) is 5.10. The van der Waals surface area contributed by atoms with Crippen molar-refractivity contribution in [3.8, 4) is 0 Å². The third kappa shape index (κ3) is 5.47. The van der Waals surface area contributed by atoms with Crippen LogP contribution >= 0.6 is 46.9 Å². The fourth-order valence-corrected chi connectivity index (χ4v) is 3.34. The number of halogens is 2. The summed E-state index contributed by atoms with van der Waals surface area (Å²) < 4.78 is 0.840. The lowest BCUT2D eigenvalue weighted by Crippen LogP contribution is -2.43. The highest BCUT2D eigenvalue weighted by Crippen LogP contribution is 2.21. The molecular weight excluding hydrogens is 393 g/mol. The summed E-state index contributed by atoms with van der Waals surface area (Å²) in [5.74, 6) is 1.42. The molecule has 1 unspecified atom stereocenters. The van der Waals surface area contributed by atoms with E-state index >= 15 is 0 Å². The Hall–Kier alpha value is -0.0100. The Labute approximate surface area is 141 Å². The topological polar surface area (TPSA) is 41.6 Å². The second kappa shape index (κ2) is 8.32. The van der Waals surface area contributed by atoms with Crippen LogP contribution in [0.25, 0.3) is 0 Å². The summed E-state index contributed by atoms with van der Waals surface area (Å²) in [5.41, 5.74) is 6.03. The maximum atomic E-state index is 6.03. The number of guanidine groups is 1. The summed E-state index contributed by atoms with van der Waals surface area (Å²) in [6.07, 6.45) is 3.44. The Balaban J connectivity index is 0.00000180. The van der Waals surface area contributed by atoms with Gasteiger partial charge in [0.15, 0.2) is 5.96 Å². The number of piperidine rings is 1. The van der Waals surface area contributed by atoms with Gasteiger partial charge in [-0.05, 0) is 30.9 Å². The van der Waals surface area contributed by atoms with Gasteiger partial charge in [0.05, 0.1) is 4.34 Å². The van der Waals surface area contributed by atoms with Crippen LogP contribution in [-0.4, -0.2) is 30.5 Å². The Morgan fingerprint density at radius 3 is 3.00 bits per heavy atom. The zero-order valence-corrected chi connectivity index (χ0v) is 15.0. The maximum Gasteiger partial charge on any atom is 0.191 e. The van der Waals surface area contributed by atoms with Crippen LogP contribution in [0, 0.1) is 5.92 Å². The van der Waals surface area contributed by atoms with E-state index in [9.17, 15) is 0 Å². The van der Waals surface area contributed by atoms with E-state index in [1.807, 2.05) is 6.07 Å². The third-order valence-corrected chi connectivity index (χ3v) is 4.53. The van der Waals surface area contributed by atoms with Crippen molar-refractivity contribution in [3.63, 3.8) is 0 Å². The van der Waals surface area contributed by atoms with Crippen LogP contribution in [0.4, 0.5) is 0 Å². The monoisotopic (exact) mass is 413 g/mol. The number of hydrogen-bond acceptors (Lipinski definition) is 2.